The van der Waals surface area contributed by atoms with Gasteiger partial charge in [0.15, 0.2) is 0 Å². The zero-order valence-corrected chi connectivity index (χ0v) is 4.12. The molecule has 0 saturated heterocycles. The van der Waals surface area contributed by atoms with Crippen molar-refractivity contribution in [3.63, 3.8) is 0 Å². The predicted octanol–water partition coefficient (Wildman–Crippen LogP) is 1.24. The van der Waals surface area contributed by atoms with Crippen LogP contribution in [0.1, 0.15) is 6.92 Å². The summed E-state index contributed by atoms with van der Waals surface area (Å²) in [6.07, 6.45) is 2.69. The predicted molar refractivity (Wildman–Crippen MR) is 25.3 cm³/mol. The molecule has 0 aliphatic rings. The van der Waals surface area contributed by atoms with Crippen LogP contribution in [-0.4, -0.2) is 6.29 Å². The third-order valence-electron chi connectivity index (χ3n) is 0.258. The van der Waals surface area contributed by atoms with E-state index in [0.29, 0.717) is 5.03 Å². The standard InChI is InChI=1S/C4H4ClO/c1-4(5)2-3-6/h2H,1H3/b4-2-. The van der Waals surface area contributed by atoms with Crippen molar-refractivity contribution in [1.29, 1.82) is 0 Å². The maximum Gasteiger partial charge on any atom is 0.226 e. The molecule has 0 bridgehead atoms. The molecule has 1 radical (unpaired) electrons. The average molecular weight is 104 g/mol. The average Bonchev–Trinajstić information content (AvgIpc) is 1.35. The molecule has 33 valence electrons. The lowest BCUT2D eigenvalue weighted by molar-refractivity contribution is 0.564. The molecule has 0 rings (SSSR count). The smallest absolute Gasteiger partial charge is 0.226 e. The van der Waals surface area contributed by atoms with Gasteiger partial charge in [0.25, 0.3) is 0 Å². The third kappa shape index (κ3) is 3.70. The summed E-state index contributed by atoms with van der Waals surface area (Å²) in [5.41, 5.74) is 0. The van der Waals surface area contributed by atoms with E-state index in [1.807, 2.05) is 0 Å². The summed E-state index contributed by atoms with van der Waals surface area (Å²) in [4.78, 5) is 9.33. The third-order valence-corrected chi connectivity index (χ3v) is 0.367. The summed E-state index contributed by atoms with van der Waals surface area (Å²) < 4.78 is 0. The zero-order valence-electron chi connectivity index (χ0n) is 3.36. The minimum absolute atomic E-state index is 0.463. The van der Waals surface area contributed by atoms with Crippen molar-refractivity contribution in [2.75, 3.05) is 0 Å². The fraction of sp³-hybridized carbons (Fsp3) is 0.250. The van der Waals surface area contributed by atoms with E-state index < -0.39 is 0 Å². The molecule has 1 nitrogen and oxygen atoms in total. The molecule has 0 saturated carbocycles. The molecule has 2 heteroatoms. The van der Waals surface area contributed by atoms with Crippen LogP contribution in [0.2, 0.25) is 0 Å². The van der Waals surface area contributed by atoms with Crippen molar-refractivity contribution in [3.05, 3.63) is 11.1 Å². The molecule has 0 heterocycles. The van der Waals surface area contributed by atoms with Gasteiger partial charge in [-0.2, -0.15) is 0 Å². The Hall–Kier alpha value is -0.300. The van der Waals surface area contributed by atoms with Gasteiger partial charge < -0.3 is 0 Å². The summed E-state index contributed by atoms with van der Waals surface area (Å²) >= 11 is 5.18. The lowest BCUT2D eigenvalue weighted by atomic mass is 10.6. The van der Waals surface area contributed by atoms with Gasteiger partial charge in [-0.1, -0.05) is 11.6 Å². The molecule has 0 fully saturated rings. The van der Waals surface area contributed by atoms with Crippen molar-refractivity contribution in [3.8, 4) is 0 Å². The van der Waals surface area contributed by atoms with Gasteiger partial charge in [-0.25, -0.2) is 0 Å². The van der Waals surface area contributed by atoms with Crippen LogP contribution in [0.25, 0.3) is 0 Å². The Morgan fingerprint density at radius 3 is 2.50 bits per heavy atom. The van der Waals surface area contributed by atoms with E-state index in [1.165, 1.54) is 12.4 Å². The van der Waals surface area contributed by atoms with E-state index in [2.05, 4.69) is 0 Å². The van der Waals surface area contributed by atoms with E-state index in [1.54, 1.807) is 6.92 Å². The first-order chi connectivity index (χ1) is 2.77. The van der Waals surface area contributed by atoms with Gasteiger partial charge in [0.05, 0.1) is 0 Å². The van der Waals surface area contributed by atoms with E-state index in [9.17, 15) is 4.79 Å². The molecule has 0 N–H and O–H groups in total. The van der Waals surface area contributed by atoms with Gasteiger partial charge in [-0.3, -0.25) is 4.79 Å². The van der Waals surface area contributed by atoms with Crippen LogP contribution in [0.4, 0.5) is 0 Å². The Kier molecular flexibility index (Phi) is 2.77. The van der Waals surface area contributed by atoms with Crippen LogP contribution in [0, 0.1) is 0 Å². The highest BCUT2D eigenvalue weighted by atomic mass is 35.5. The lowest BCUT2D eigenvalue weighted by Crippen LogP contribution is -1.58. The molecule has 0 unspecified atom stereocenters. The fourth-order valence-corrected chi connectivity index (χ4v) is 0.126. The van der Waals surface area contributed by atoms with Crippen molar-refractivity contribution in [2.45, 2.75) is 6.92 Å². The summed E-state index contributed by atoms with van der Waals surface area (Å²) in [6.45, 7) is 1.62. The second-order valence-corrected chi connectivity index (χ2v) is 1.45. The minimum atomic E-state index is 0.463. The maximum absolute atomic E-state index is 9.33. The van der Waals surface area contributed by atoms with E-state index in [0.717, 1.165) is 0 Å². The molecule has 0 atom stereocenters. The van der Waals surface area contributed by atoms with Crippen LogP contribution < -0.4 is 0 Å². The highest BCUT2D eigenvalue weighted by Gasteiger charge is 1.71. The molecule has 0 aromatic rings. The van der Waals surface area contributed by atoms with E-state index >= 15 is 0 Å². The summed E-state index contributed by atoms with van der Waals surface area (Å²) in [6, 6.07) is 0. The molecule has 0 amide bonds. The highest BCUT2D eigenvalue weighted by molar-refractivity contribution is 6.30. The number of carbonyl (C=O) groups excluding carboxylic acids is 1. The van der Waals surface area contributed by atoms with Gasteiger partial charge in [-0.05, 0) is 6.92 Å². The van der Waals surface area contributed by atoms with Crippen LogP contribution in [0.15, 0.2) is 11.1 Å². The Morgan fingerprint density at radius 2 is 2.50 bits per heavy atom. The van der Waals surface area contributed by atoms with E-state index in [4.69, 9.17) is 11.6 Å². The summed E-state index contributed by atoms with van der Waals surface area (Å²) in [5, 5.41) is 0.463. The number of hydrogen-bond donors (Lipinski definition) is 0. The quantitative estimate of drug-likeness (QED) is 0.457. The van der Waals surface area contributed by atoms with Crippen LogP contribution in [0.3, 0.4) is 0 Å². The van der Waals surface area contributed by atoms with Gasteiger partial charge in [-0.15, -0.1) is 0 Å². The summed E-state index contributed by atoms with van der Waals surface area (Å²) in [7, 11) is 0. The molecular weight excluding hydrogens is 99.5 g/mol. The number of halogens is 1. The first-order valence-electron chi connectivity index (χ1n) is 1.47. The minimum Gasteiger partial charge on any atom is -0.286 e. The van der Waals surface area contributed by atoms with Crippen molar-refractivity contribution in [1.82, 2.24) is 0 Å². The molecular formula is C4H4ClO. The van der Waals surface area contributed by atoms with Gasteiger partial charge in [0.2, 0.25) is 6.29 Å². The zero-order chi connectivity index (χ0) is 4.99. The Labute approximate surface area is 41.6 Å². The number of hydrogen-bond acceptors (Lipinski definition) is 1. The first kappa shape index (κ1) is 5.70. The molecule has 6 heavy (non-hydrogen) atoms. The summed E-state index contributed by atoms with van der Waals surface area (Å²) in [5.74, 6) is 0. The Morgan fingerprint density at radius 1 is 2.00 bits per heavy atom. The largest absolute Gasteiger partial charge is 0.286 e. The monoisotopic (exact) mass is 103 g/mol. The molecule has 0 aromatic heterocycles. The molecule has 0 spiro atoms. The fourth-order valence-electron chi connectivity index (χ4n) is 0.0812. The van der Waals surface area contributed by atoms with Crippen LogP contribution in [-0.2, 0) is 4.79 Å². The van der Waals surface area contributed by atoms with Crippen molar-refractivity contribution >= 4 is 17.9 Å². The first-order valence-corrected chi connectivity index (χ1v) is 1.85. The van der Waals surface area contributed by atoms with Crippen LogP contribution in [0.5, 0.6) is 0 Å². The Bertz CT molecular complexity index is 71.6. The lowest BCUT2D eigenvalue weighted by Gasteiger charge is -1.69. The van der Waals surface area contributed by atoms with Gasteiger partial charge >= 0.3 is 0 Å². The topological polar surface area (TPSA) is 17.1 Å². The van der Waals surface area contributed by atoms with Crippen molar-refractivity contribution < 1.29 is 4.79 Å². The van der Waals surface area contributed by atoms with Gasteiger partial charge in [0.1, 0.15) is 0 Å². The van der Waals surface area contributed by atoms with Crippen molar-refractivity contribution in [2.24, 2.45) is 0 Å². The molecule has 0 aliphatic carbocycles. The van der Waals surface area contributed by atoms with Crippen LogP contribution >= 0.6 is 11.6 Å². The SMILES string of the molecule is C/C(Cl)=C/[C]=O. The highest BCUT2D eigenvalue weighted by Crippen LogP contribution is 1.93. The second kappa shape index (κ2) is 2.91. The van der Waals surface area contributed by atoms with Gasteiger partial charge in [0, 0.05) is 11.1 Å². The molecule has 0 aromatic carbocycles. The second-order valence-electron chi connectivity index (χ2n) is 0.849. The van der Waals surface area contributed by atoms with E-state index in [-0.39, 0.29) is 0 Å². The maximum atomic E-state index is 9.33. The Balaban J connectivity index is 3.41. The molecule has 0 aliphatic heterocycles. The normalized spacial score (nSPS) is 11.3. The number of rotatable bonds is 1. The number of allylic oxidation sites excluding steroid dienone is 2.